The van der Waals surface area contributed by atoms with Crippen molar-refractivity contribution in [2.24, 2.45) is 5.92 Å². The van der Waals surface area contributed by atoms with Crippen molar-refractivity contribution >= 4 is 0 Å². The van der Waals surface area contributed by atoms with Crippen molar-refractivity contribution in [3.8, 4) is 0 Å². The molecular weight excluding hydrogens is 98.1 g/mol. The zero-order valence-electron chi connectivity index (χ0n) is 8.49. The topological polar surface area (TPSA) is 12.0 Å². The van der Waals surface area contributed by atoms with Crippen LogP contribution in [0.5, 0.6) is 0 Å². The minimum absolute atomic E-state index is 0.0130. The van der Waals surface area contributed by atoms with Crippen molar-refractivity contribution in [3.63, 3.8) is 0 Å². The van der Waals surface area contributed by atoms with Gasteiger partial charge in [-0.1, -0.05) is 6.85 Å². The summed E-state index contributed by atoms with van der Waals surface area (Å²) < 4.78 is 21.6. The van der Waals surface area contributed by atoms with Crippen molar-refractivity contribution in [2.75, 3.05) is 6.54 Å². The van der Waals surface area contributed by atoms with E-state index in [0.29, 0.717) is 6.54 Å². The average molecular weight is 116 g/mol. The molecule has 48 valence electrons. The summed E-state index contributed by atoms with van der Waals surface area (Å²) in [6.07, 6.45) is 0.753. The van der Waals surface area contributed by atoms with Gasteiger partial charge in [-0.15, -0.1) is 0 Å². The van der Waals surface area contributed by atoms with E-state index in [-0.39, 0.29) is 11.5 Å². The molecule has 1 rings (SSSR count). The van der Waals surface area contributed by atoms with Crippen LogP contribution in [0.1, 0.15) is 31.2 Å². The largest absolute Gasteiger partial charge is 0.312 e. The van der Waals surface area contributed by atoms with Crippen molar-refractivity contribution in [3.05, 3.63) is 0 Å². The Kier molecular flexibility index (Phi) is 0.694. The van der Waals surface area contributed by atoms with Crippen LogP contribution in [0, 0.1) is 5.92 Å². The lowest BCUT2D eigenvalue weighted by atomic mass is 9.99. The molecule has 1 atom stereocenters. The van der Waals surface area contributed by atoms with E-state index < -0.39 is 6.85 Å². The van der Waals surface area contributed by atoms with Crippen LogP contribution in [0.25, 0.3) is 0 Å². The molecule has 0 aliphatic carbocycles. The Balaban J connectivity index is 2.55. The van der Waals surface area contributed by atoms with Gasteiger partial charge in [-0.05, 0) is 32.7 Å². The molecule has 1 heterocycles. The predicted molar refractivity (Wildman–Crippen MR) is 35.9 cm³/mol. The van der Waals surface area contributed by atoms with Crippen LogP contribution < -0.4 is 5.32 Å². The number of hydrogen-bond acceptors (Lipinski definition) is 1. The molecule has 0 radical (unpaired) electrons. The van der Waals surface area contributed by atoms with Gasteiger partial charge in [0.1, 0.15) is 0 Å². The monoisotopic (exact) mass is 116 g/mol. The molecule has 0 unspecified atom stereocenters. The fraction of sp³-hybridized carbons (Fsp3) is 1.00. The summed E-state index contributed by atoms with van der Waals surface area (Å²) in [7, 11) is 0. The number of hydrogen-bond donors (Lipinski definition) is 1. The summed E-state index contributed by atoms with van der Waals surface area (Å²) in [5, 5.41) is 3.19. The van der Waals surface area contributed by atoms with E-state index in [1.165, 1.54) is 0 Å². The second-order valence-corrected chi connectivity index (χ2v) is 3.17. The minimum atomic E-state index is -1.78. The Bertz CT molecular complexity index is 150. The van der Waals surface area contributed by atoms with Gasteiger partial charge in [0.15, 0.2) is 0 Å². The Morgan fingerprint density at radius 3 is 2.75 bits per heavy atom. The minimum Gasteiger partial charge on any atom is -0.312 e. The van der Waals surface area contributed by atoms with Gasteiger partial charge >= 0.3 is 0 Å². The lowest BCUT2D eigenvalue weighted by molar-refractivity contribution is 0.448. The highest BCUT2D eigenvalue weighted by Crippen LogP contribution is 2.21. The van der Waals surface area contributed by atoms with Crippen LogP contribution in [0.3, 0.4) is 0 Å². The second-order valence-electron chi connectivity index (χ2n) is 3.17. The fourth-order valence-electron chi connectivity index (χ4n) is 1.16. The summed E-state index contributed by atoms with van der Waals surface area (Å²) in [4.78, 5) is 0. The van der Waals surface area contributed by atoms with Crippen LogP contribution >= 0.6 is 0 Å². The highest BCUT2D eigenvalue weighted by molar-refractivity contribution is 4.86. The van der Waals surface area contributed by atoms with Gasteiger partial charge in [-0.25, -0.2) is 0 Å². The van der Waals surface area contributed by atoms with Crippen LogP contribution in [0.15, 0.2) is 0 Å². The quantitative estimate of drug-likeness (QED) is 0.504. The molecule has 0 aromatic carbocycles. The predicted octanol–water partition coefficient (Wildman–Crippen LogP) is 1.39. The molecule has 0 aromatic rings. The zero-order valence-corrected chi connectivity index (χ0v) is 5.49. The molecule has 0 bridgehead atoms. The van der Waals surface area contributed by atoms with Crippen molar-refractivity contribution in [2.45, 2.75) is 32.7 Å². The van der Waals surface area contributed by atoms with Gasteiger partial charge in [0, 0.05) is 9.65 Å². The molecule has 1 aliphatic heterocycles. The van der Waals surface area contributed by atoms with E-state index >= 15 is 0 Å². The van der Waals surface area contributed by atoms with Gasteiger partial charge < -0.3 is 5.32 Å². The fourth-order valence-corrected chi connectivity index (χ4v) is 1.16. The molecule has 1 fully saturated rings. The zero-order chi connectivity index (χ0) is 8.70. The average Bonchev–Trinajstić information content (AvgIpc) is 2.07. The molecule has 1 saturated heterocycles. The van der Waals surface area contributed by atoms with Crippen molar-refractivity contribution in [1.29, 1.82) is 0 Å². The molecule has 1 nitrogen and oxygen atoms in total. The van der Waals surface area contributed by atoms with E-state index in [1.807, 2.05) is 13.8 Å². The summed E-state index contributed by atoms with van der Waals surface area (Å²) in [5.41, 5.74) is 0.0130. The first-order valence-corrected chi connectivity index (χ1v) is 3.06. The third-order valence-corrected chi connectivity index (χ3v) is 1.58. The van der Waals surface area contributed by atoms with Gasteiger partial charge in [0.05, 0.1) is 0 Å². The van der Waals surface area contributed by atoms with E-state index in [1.54, 1.807) is 0 Å². The first-order valence-electron chi connectivity index (χ1n) is 4.56. The lowest BCUT2D eigenvalue weighted by Gasteiger charge is -2.16. The molecule has 0 saturated carbocycles. The standard InChI is InChI=1S/C7H15N/c1-6-4-7(2,3)8-5-6/h6,8H,4-5H2,1-3H3/t6-/m0/s1/i1D3. The van der Waals surface area contributed by atoms with Crippen LogP contribution in [0.2, 0.25) is 0 Å². The molecule has 0 spiro atoms. The highest BCUT2D eigenvalue weighted by atomic mass is 15.0. The summed E-state index contributed by atoms with van der Waals surface area (Å²) in [6.45, 7) is 2.93. The smallest absolute Gasteiger partial charge is 0.0234 e. The highest BCUT2D eigenvalue weighted by Gasteiger charge is 2.26. The van der Waals surface area contributed by atoms with Gasteiger partial charge in [-0.3, -0.25) is 0 Å². The maximum atomic E-state index is 7.20. The van der Waals surface area contributed by atoms with E-state index in [4.69, 9.17) is 4.11 Å². The normalized spacial score (nSPS) is 42.8. The Morgan fingerprint density at radius 1 is 1.75 bits per heavy atom. The Hall–Kier alpha value is -0.0400. The molecular formula is C7H15N. The molecule has 1 aliphatic rings. The lowest BCUT2D eigenvalue weighted by Crippen LogP contribution is -2.31. The third-order valence-electron chi connectivity index (χ3n) is 1.58. The van der Waals surface area contributed by atoms with E-state index in [0.717, 1.165) is 6.42 Å². The Morgan fingerprint density at radius 2 is 2.50 bits per heavy atom. The number of nitrogens with one attached hydrogen (secondary N) is 1. The molecule has 0 aromatic heterocycles. The molecule has 0 amide bonds. The van der Waals surface area contributed by atoms with E-state index in [2.05, 4.69) is 5.32 Å². The molecule has 1 heteroatoms. The summed E-state index contributed by atoms with van der Waals surface area (Å²) in [6, 6.07) is 0. The van der Waals surface area contributed by atoms with Crippen molar-refractivity contribution < 1.29 is 4.11 Å². The molecule has 8 heavy (non-hydrogen) atoms. The first kappa shape index (κ1) is 3.21. The maximum absolute atomic E-state index is 7.20. The van der Waals surface area contributed by atoms with Crippen LogP contribution in [-0.2, 0) is 0 Å². The van der Waals surface area contributed by atoms with Gasteiger partial charge in [0.2, 0.25) is 0 Å². The van der Waals surface area contributed by atoms with Gasteiger partial charge in [-0.2, -0.15) is 0 Å². The van der Waals surface area contributed by atoms with Gasteiger partial charge in [0.25, 0.3) is 0 Å². The summed E-state index contributed by atoms with van der Waals surface area (Å²) >= 11 is 0. The first-order chi connectivity index (χ1) is 4.81. The SMILES string of the molecule is [2H]C([2H])([2H])[C@@H]1CNC(C)(C)C1. The molecule has 1 N–H and O–H groups in total. The third kappa shape index (κ3) is 1.22. The van der Waals surface area contributed by atoms with Crippen molar-refractivity contribution in [1.82, 2.24) is 5.32 Å². The van der Waals surface area contributed by atoms with Crippen LogP contribution in [-0.4, -0.2) is 12.1 Å². The summed E-state index contributed by atoms with van der Waals surface area (Å²) in [5.74, 6) is -0.155. The van der Waals surface area contributed by atoms with E-state index in [9.17, 15) is 0 Å². The number of rotatable bonds is 0. The Labute approximate surface area is 55.7 Å². The van der Waals surface area contributed by atoms with Crippen LogP contribution in [0.4, 0.5) is 0 Å². The second kappa shape index (κ2) is 1.73. The maximum Gasteiger partial charge on any atom is 0.0234 e.